The van der Waals surface area contributed by atoms with Crippen molar-refractivity contribution in [1.82, 2.24) is 10.2 Å². The van der Waals surface area contributed by atoms with Crippen LogP contribution >= 0.6 is 0 Å². The first kappa shape index (κ1) is 41.1. The molecule has 0 unspecified atom stereocenters. The predicted octanol–water partition coefficient (Wildman–Crippen LogP) is 3.33. The maximum absolute atomic E-state index is 13.8. The number of aliphatic hydroxyl groups excluding tert-OH is 2. The van der Waals surface area contributed by atoms with Gasteiger partial charge in [-0.25, -0.2) is 4.79 Å². The molecule has 5 rings (SSSR count). The number of aldehydes is 1. The summed E-state index contributed by atoms with van der Waals surface area (Å²) in [5, 5.41) is 34.4. The van der Waals surface area contributed by atoms with E-state index in [2.05, 4.69) is 10.2 Å². The van der Waals surface area contributed by atoms with E-state index in [9.17, 15) is 42.9 Å². The van der Waals surface area contributed by atoms with Crippen LogP contribution < -0.4 is 10.1 Å². The standard InChI is InChI=1S/C33H40N2O9.C2HF3O.CH4/c1-19-10-11-23(18-36)27-26(19)32-15-17-35(4)21(3)33(32,41)14-12-24(29(32)44-27)42-31(40)28(22-8-6-5-7-9-22)43-25(38)13-16-34-30(39)20(2)37;3-2(4,5)1-6;/h5-12,20-21,28-29,36-37,41H,13-18H2,1-4H3,(H,34,39);1H;1H4/t20-,21+,28-,29-,32-,33+;;/m0../s1. The number of hydrogen-bond donors (Lipinski definition) is 4. The number of ether oxygens (including phenoxy) is 3. The number of carbonyl (C=O) groups excluding carboxylic acids is 4. The minimum Gasteiger partial charge on any atom is -0.481 e. The lowest BCUT2D eigenvalue weighted by Crippen LogP contribution is -2.71. The molecule has 2 aromatic carbocycles. The summed E-state index contributed by atoms with van der Waals surface area (Å²) < 4.78 is 49.4. The molecule has 2 aromatic rings. The van der Waals surface area contributed by atoms with E-state index in [0.717, 1.165) is 11.1 Å². The van der Waals surface area contributed by atoms with E-state index >= 15 is 0 Å². The second kappa shape index (κ2) is 16.4. The number of aliphatic hydroxyl groups is 3. The molecule has 6 atom stereocenters. The summed E-state index contributed by atoms with van der Waals surface area (Å²) in [4.78, 5) is 49.0. The Morgan fingerprint density at radius 3 is 2.41 bits per heavy atom. The molecular weight excluding hydrogens is 677 g/mol. The number of esters is 2. The molecule has 1 aliphatic carbocycles. The molecule has 12 nitrogen and oxygen atoms in total. The van der Waals surface area contributed by atoms with E-state index in [1.54, 1.807) is 42.5 Å². The molecule has 0 radical (unpaired) electrons. The van der Waals surface area contributed by atoms with Crippen LogP contribution in [0.15, 0.2) is 54.3 Å². The summed E-state index contributed by atoms with van der Waals surface area (Å²) in [6.07, 6.45) is -7.07. The largest absolute Gasteiger partial charge is 0.481 e. The number of aryl methyl sites for hydroxylation is 1. The number of benzene rings is 2. The van der Waals surface area contributed by atoms with Crippen molar-refractivity contribution in [3.05, 3.63) is 76.6 Å². The van der Waals surface area contributed by atoms with Gasteiger partial charge in [0.1, 0.15) is 17.6 Å². The highest BCUT2D eigenvalue weighted by atomic mass is 19.4. The van der Waals surface area contributed by atoms with Gasteiger partial charge in [-0.2, -0.15) is 13.2 Å². The van der Waals surface area contributed by atoms with Crippen molar-refractivity contribution in [2.24, 2.45) is 0 Å². The Morgan fingerprint density at radius 2 is 1.82 bits per heavy atom. The van der Waals surface area contributed by atoms with Crippen LogP contribution in [-0.4, -0.2) is 94.5 Å². The van der Waals surface area contributed by atoms with Gasteiger partial charge in [-0.15, -0.1) is 0 Å². The second-order valence-electron chi connectivity index (χ2n) is 12.6. The first-order valence-corrected chi connectivity index (χ1v) is 16.0. The van der Waals surface area contributed by atoms with Crippen molar-refractivity contribution in [2.75, 3.05) is 20.1 Å². The number of fused-ring (bicyclic) bond motifs is 1. The van der Waals surface area contributed by atoms with E-state index in [1.807, 2.05) is 27.0 Å². The van der Waals surface area contributed by atoms with Crippen LogP contribution in [0.4, 0.5) is 13.2 Å². The minimum atomic E-state index is -4.64. The Kier molecular flexibility index (Phi) is 13.2. The Morgan fingerprint density at radius 1 is 1.18 bits per heavy atom. The highest BCUT2D eigenvalue weighted by Crippen LogP contribution is 2.61. The molecule has 2 heterocycles. The van der Waals surface area contributed by atoms with Crippen LogP contribution in [0.25, 0.3) is 0 Å². The number of nitrogens with one attached hydrogen (secondary N) is 1. The summed E-state index contributed by atoms with van der Waals surface area (Å²) in [7, 11) is 1.96. The molecular formula is C36H45F3N2O10. The highest BCUT2D eigenvalue weighted by Gasteiger charge is 2.69. The van der Waals surface area contributed by atoms with Crippen molar-refractivity contribution < 1.29 is 61.9 Å². The van der Waals surface area contributed by atoms with Gasteiger partial charge in [0.15, 0.2) is 6.10 Å². The molecule has 3 aliphatic rings. The lowest BCUT2D eigenvalue weighted by atomic mass is 9.54. The summed E-state index contributed by atoms with van der Waals surface area (Å²) in [5.41, 5.74) is 0.447. The molecule has 15 heteroatoms. The molecule has 2 aliphatic heterocycles. The quantitative estimate of drug-likeness (QED) is 0.221. The van der Waals surface area contributed by atoms with Crippen LogP contribution in [0.1, 0.15) is 68.9 Å². The summed E-state index contributed by atoms with van der Waals surface area (Å²) in [6.45, 7) is 5.54. The van der Waals surface area contributed by atoms with Gasteiger partial charge in [0.25, 0.3) is 0 Å². The van der Waals surface area contributed by atoms with Crippen molar-refractivity contribution in [3.8, 4) is 5.75 Å². The van der Waals surface area contributed by atoms with E-state index < -0.39 is 59.6 Å². The third-order valence-corrected chi connectivity index (χ3v) is 9.53. The number of hydrogen-bond acceptors (Lipinski definition) is 11. The normalized spacial score (nSPS) is 24.6. The fourth-order valence-corrected chi connectivity index (χ4v) is 6.87. The van der Waals surface area contributed by atoms with E-state index in [-0.39, 0.29) is 45.2 Å². The Labute approximate surface area is 294 Å². The first-order chi connectivity index (χ1) is 23.5. The van der Waals surface area contributed by atoms with Crippen LogP contribution in [0.3, 0.4) is 0 Å². The fourth-order valence-electron chi connectivity index (χ4n) is 6.87. The number of carbonyl (C=O) groups is 4. The van der Waals surface area contributed by atoms with Gasteiger partial charge in [-0.3, -0.25) is 14.4 Å². The number of nitrogens with zero attached hydrogens (tertiary/aromatic N) is 1. The maximum atomic E-state index is 13.8. The van der Waals surface area contributed by atoms with E-state index in [1.165, 1.54) is 6.92 Å². The zero-order valence-electron chi connectivity index (χ0n) is 28.0. The highest BCUT2D eigenvalue weighted by molar-refractivity contribution is 5.83. The van der Waals surface area contributed by atoms with Gasteiger partial charge < -0.3 is 39.7 Å². The summed E-state index contributed by atoms with van der Waals surface area (Å²) in [5.74, 6) is -1.53. The maximum Gasteiger partial charge on any atom is 0.446 e. The van der Waals surface area contributed by atoms with Crippen molar-refractivity contribution in [1.29, 1.82) is 0 Å². The second-order valence-corrected chi connectivity index (χ2v) is 12.6. The SMILES string of the molecule is C.Cc1ccc(CO)c2c1[C@]13CCN(C)[C@H](C)[C@]1(O)CC=C(OC(=O)[C@@H](OC(=O)CCNC(=O)[C@H](C)O)c1ccccc1)[C@@H]3O2.O=CC(F)(F)F. The van der Waals surface area contributed by atoms with E-state index in [0.29, 0.717) is 29.8 Å². The zero-order chi connectivity index (χ0) is 37.0. The average Bonchev–Trinajstić information content (AvgIpc) is 3.45. The summed E-state index contributed by atoms with van der Waals surface area (Å²) in [6, 6.07) is 11.9. The molecule has 1 amide bonds. The smallest absolute Gasteiger partial charge is 0.446 e. The van der Waals surface area contributed by atoms with Crippen LogP contribution in [-0.2, 0) is 40.7 Å². The van der Waals surface area contributed by atoms with Gasteiger partial charge in [-0.1, -0.05) is 49.9 Å². The number of likely N-dealkylation sites (N-methyl/N-ethyl adjacent to an activating group) is 1. The van der Waals surface area contributed by atoms with Gasteiger partial charge in [-0.05, 0) is 52.4 Å². The van der Waals surface area contributed by atoms with Crippen LogP contribution in [0.5, 0.6) is 5.75 Å². The van der Waals surface area contributed by atoms with Crippen molar-refractivity contribution in [3.63, 3.8) is 0 Å². The molecule has 4 N–H and O–H groups in total. The molecule has 1 saturated heterocycles. The summed E-state index contributed by atoms with van der Waals surface area (Å²) >= 11 is 0. The third kappa shape index (κ3) is 8.27. The number of halogens is 3. The molecule has 280 valence electrons. The van der Waals surface area contributed by atoms with Crippen molar-refractivity contribution in [2.45, 2.75) is 95.6 Å². The number of alkyl halides is 3. The molecule has 1 fully saturated rings. The predicted molar refractivity (Wildman–Crippen MR) is 177 cm³/mol. The average molecular weight is 723 g/mol. The molecule has 51 heavy (non-hydrogen) atoms. The lowest BCUT2D eigenvalue weighted by Gasteiger charge is -2.58. The Balaban J connectivity index is 0.000000923. The van der Waals surface area contributed by atoms with Crippen molar-refractivity contribution >= 4 is 24.1 Å². The first-order valence-electron chi connectivity index (χ1n) is 16.0. The number of rotatable bonds is 9. The number of amides is 1. The zero-order valence-corrected chi connectivity index (χ0v) is 28.0. The third-order valence-electron chi connectivity index (χ3n) is 9.53. The topological polar surface area (TPSA) is 172 Å². The van der Waals surface area contributed by atoms with Gasteiger partial charge >= 0.3 is 18.1 Å². The molecule has 0 aromatic heterocycles. The monoisotopic (exact) mass is 722 g/mol. The lowest BCUT2D eigenvalue weighted by molar-refractivity contribution is -0.173. The molecule has 0 saturated carbocycles. The Hall–Kier alpha value is -4.31. The van der Waals surface area contributed by atoms with Gasteiger partial charge in [0.2, 0.25) is 18.3 Å². The minimum absolute atomic E-state index is 0. The van der Waals surface area contributed by atoms with E-state index in [4.69, 9.17) is 19.0 Å². The van der Waals surface area contributed by atoms with Crippen LogP contribution in [0, 0.1) is 6.92 Å². The van der Waals surface area contributed by atoms with Gasteiger partial charge in [0.05, 0.1) is 24.0 Å². The molecule has 0 bridgehead atoms. The number of piperidine rings is 1. The van der Waals surface area contributed by atoms with Gasteiger partial charge in [0, 0.05) is 35.7 Å². The molecule has 1 spiro atoms. The Bertz CT molecular complexity index is 1620. The number of likely N-dealkylation sites (tertiary alicyclic amines) is 1. The van der Waals surface area contributed by atoms with Crippen LogP contribution in [0.2, 0.25) is 0 Å². The fraction of sp³-hybridized carbons (Fsp3) is 0.500.